The monoisotopic (exact) mass is 380 g/mol. The molecule has 5 nitrogen and oxygen atoms in total. The van der Waals surface area contributed by atoms with E-state index in [1.807, 2.05) is 18.4 Å². The van der Waals surface area contributed by atoms with Gasteiger partial charge in [0.2, 0.25) is 5.91 Å². The van der Waals surface area contributed by atoms with Gasteiger partial charge in [-0.15, -0.1) is 11.3 Å². The summed E-state index contributed by atoms with van der Waals surface area (Å²) in [6, 6.07) is 7.52. The summed E-state index contributed by atoms with van der Waals surface area (Å²) in [6.07, 6.45) is 0.822. The molecule has 0 saturated heterocycles. The summed E-state index contributed by atoms with van der Waals surface area (Å²) in [5, 5.41) is 5.37. The lowest BCUT2D eigenvalue weighted by Gasteiger charge is -2.19. The number of carbonyl (C=O) groups is 1. The number of amides is 1. The molecule has 1 aliphatic rings. The minimum Gasteiger partial charge on any atom is -0.490 e. The molecule has 25 heavy (non-hydrogen) atoms. The van der Waals surface area contributed by atoms with Gasteiger partial charge in [0.15, 0.2) is 11.5 Å². The predicted octanol–water partition coefficient (Wildman–Crippen LogP) is 4.02. The summed E-state index contributed by atoms with van der Waals surface area (Å²) in [4.78, 5) is 15.7. The van der Waals surface area contributed by atoms with Crippen molar-refractivity contribution in [1.82, 2.24) is 4.90 Å². The molecule has 1 N–H and O–H groups in total. The number of anilines is 1. The Balaban J connectivity index is 1.64. The second-order valence-electron chi connectivity index (χ2n) is 5.76. The fourth-order valence-corrected chi connectivity index (χ4v) is 3.52. The van der Waals surface area contributed by atoms with Crippen LogP contribution in [0.2, 0.25) is 5.02 Å². The molecule has 2 heterocycles. The number of fused-ring (bicyclic) bond motifs is 1. The number of rotatable bonds is 6. The van der Waals surface area contributed by atoms with Gasteiger partial charge in [-0.3, -0.25) is 9.69 Å². The van der Waals surface area contributed by atoms with Crippen molar-refractivity contribution in [3.05, 3.63) is 39.5 Å². The van der Waals surface area contributed by atoms with Gasteiger partial charge in [0.1, 0.15) is 0 Å². The maximum Gasteiger partial charge on any atom is 0.238 e. The van der Waals surface area contributed by atoms with Crippen LogP contribution in [0, 0.1) is 0 Å². The number of hydrogen-bond donors (Lipinski definition) is 1. The lowest BCUT2D eigenvalue weighted by molar-refractivity contribution is -0.117. The topological polar surface area (TPSA) is 50.8 Å². The largest absolute Gasteiger partial charge is 0.490 e. The van der Waals surface area contributed by atoms with Crippen LogP contribution in [0.3, 0.4) is 0 Å². The van der Waals surface area contributed by atoms with Gasteiger partial charge < -0.3 is 14.8 Å². The third-order valence-electron chi connectivity index (χ3n) is 3.89. The molecule has 7 heteroatoms. The number of carbonyl (C=O) groups excluding carboxylic acids is 1. The lowest BCUT2D eigenvalue weighted by atomic mass is 10.2. The molecule has 0 unspecified atom stereocenters. The van der Waals surface area contributed by atoms with Crippen molar-refractivity contribution in [2.75, 3.05) is 31.6 Å². The van der Waals surface area contributed by atoms with E-state index < -0.39 is 0 Å². The van der Waals surface area contributed by atoms with Gasteiger partial charge in [-0.2, -0.15) is 0 Å². The molecular formula is C18H21ClN2O3S. The molecule has 1 aromatic heterocycles. The van der Waals surface area contributed by atoms with Crippen molar-refractivity contribution >= 4 is 34.5 Å². The van der Waals surface area contributed by atoms with Crippen LogP contribution in [0.1, 0.15) is 18.2 Å². The van der Waals surface area contributed by atoms with Crippen LogP contribution in [-0.4, -0.2) is 37.1 Å². The van der Waals surface area contributed by atoms with Gasteiger partial charge in [-0.05, 0) is 18.0 Å². The maximum atomic E-state index is 12.4. The molecule has 0 spiro atoms. The van der Waals surface area contributed by atoms with Crippen LogP contribution in [-0.2, 0) is 11.3 Å². The van der Waals surface area contributed by atoms with E-state index in [9.17, 15) is 4.79 Å². The van der Waals surface area contributed by atoms with E-state index >= 15 is 0 Å². The predicted molar refractivity (Wildman–Crippen MR) is 101 cm³/mol. The van der Waals surface area contributed by atoms with E-state index in [1.54, 1.807) is 23.5 Å². The molecule has 3 rings (SSSR count). The minimum absolute atomic E-state index is 0.102. The lowest BCUT2D eigenvalue weighted by Crippen LogP contribution is -2.32. The van der Waals surface area contributed by atoms with Gasteiger partial charge in [0.05, 0.1) is 30.5 Å². The maximum absolute atomic E-state index is 12.4. The average molecular weight is 381 g/mol. The Morgan fingerprint density at radius 3 is 2.76 bits per heavy atom. The van der Waals surface area contributed by atoms with Crippen molar-refractivity contribution < 1.29 is 14.3 Å². The summed E-state index contributed by atoms with van der Waals surface area (Å²) in [5.41, 5.74) is 0.545. The fourth-order valence-electron chi connectivity index (χ4n) is 2.57. The Morgan fingerprint density at radius 1 is 1.32 bits per heavy atom. The minimum atomic E-state index is -0.102. The van der Waals surface area contributed by atoms with E-state index in [0.717, 1.165) is 19.5 Å². The summed E-state index contributed by atoms with van der Waals surface area (Å²) < 4.78 is 11.3. The first-order valence-corrected chi connectivity index (χ1v) is 9.55. The Labute approximate surface area is 156 Å². The molecule has 0 saturated carbocycles. The normalized spacial score (nSPS) is 13.6. The van der Waals surface area contributed by atoms with Crippen molar-refractivity contribution in [2.45, 2.75) is 19.9 Å². The molecule has 1 aromatic carbocycles. The van der Waals surface area contributed by atoms with Gasteiger partial charge >= 0.3 is 0 Å². The van der Waals surface area contributed by atoms with Crippen molar-refractivity contribution in [3.63, 3.8) is 0 Å². The molecule has 0 atom stereocenters. The zero-order valence-electron chi connectivity index (χ0n) is 14.1. The first-order chi connectivity index (χ1) is 12.2. The molecule has 0 fully saturated rings. The summed E-state index contributed by atoms with van der Waals surface area (Å²) in [7, 11) is 0. The van der Waals surface area contributed by atoms with E-state index in [4.69, 9.17) is 21.1 Å². The fraction of sp³-hybridized carbons (Fsp3) is 0.389. The number of hydrogen-bond acceptors (Lipinski definition) is 5. The zero-order chi connectivity index (χ0) is 17.6. The Bertz CT molecular complexity index is 721. The summed E-state index contributed by atoms with van der Waals surface area (Å²) in [6.45, 7) is 5.09. The first kappa shape index (κ1) is 18.0. The van der Waals surface area contributed by atoms with Crippen molar-refractivity contribution in [1.29, 1.82) is 0 Å². The molecular weight excluding hydrogens is 360 g/mol. The van der Waals surface area contributed by atoms with Crippen LogP contribution in [0.25, 0.3) is 0 Å². The number of nitrogens with one attached hydrogen (secondary N) is 1. The SMILES string of the molecule is CCN(CC(=O)Nc1cc2c(cc1Cl)OCCCO2)Cc1cccs1. The summed E-state index contributed by atoms with van der Waals surface area (Å²) in [5.74, 6) is 1.13. The number of likely N-dealkylation sites (N-methyl/N-ethyl adjacent to an activating group) is 1. The Kier molecular flexibility index (Phi) is 6.18. The zero-order valence-corrected chi connectivity index (χ0v) is 15.7. The van der Waals surface area contributed by atoms with E-state index in [1.165, 1.54) is 4.88 Å². The highest BCUT2D eigenvalue weighted by molar-refractivity contribution is 7.09. The number of benzene rings is 1. The standard InChI is InChI=1S/C18H21ClN2O3S/c1-2-21(11-13-5-3-8-25-13)12-18(22)20-15-10-17-16(9-14(15)19)23-6-4-7-24-17/h3,5,8-10H,2,4,6-7,11-12H2,1H3,(H,20,22). The first-order valence-electron chi connectivity index (χ1n) is 8.29. The van der Waals surface area contributed by atoms with Crippen LogP contribution < -0.4 is 14.8 Å². The second kappa shape index (κ2) is 8.56. The molecule has 1 amide bonds. The molecule has 2 aromatic rings. The third kappa shape index (κ3) is 4.87. The van der Waals surface area contributed by atoms with Crippen LogP contribution in [0.5, 0.6) is 11.5 Å². The number of nitrogens with zero attached hydrogens (tertiary/aromatic N) is 1. The number of ether oxygens (including phenoxy) is 2. The Morgan fingerprint density at radius 2 is 2.08 bits per heavy atom. The molecule has 134 valence electrons. The second-order valence-corrected chi connectivity index (χ2v) is 7.20. The van der Waals surface area contributed by atoms with Crippen molar-refractivity contribution in [3.8, 4) is 11.5 Å². The van der Waals surface area contributed by atoms with Crippen molar-refractivity contribution in [2.24, 2.45) is 0 Å². The quantitative estimate of drug-likeness (QED) is 0.822. The average Bonchev–Trinajstić information content (AvgIpc) is 3.00. The highest BCUT2D eigenvalue weighted by Gasteiger charge is 2.17. The smallest absolute Gasteiger partial charge is 0.238 e. The van der Waals surface area contributed by atoms with E-state index in [-0.39, 0.29) is 5.91 Å². The van der Waals surface area contributed by atoms with E-state index in [2.05, 4.69) is 16.3 Å². The van der Waals surface area contributed by atoms with Gasteiger partial charge in [-0.1, -0.05) is 24.6 Å². The highest BCUT2D eigenvalue weighted by atomic mass is 35.5. The molecule has 0 bridgehead atoms. The Hall–Kier alpha value is -1.76. The number of halogens is 1. The molecule has 0 aliphatic carbocycles. The summed E-state index contributed by atoms with van der Waals surface area (Å²) >= 11 is 7.97. The molecule has 0 radical (unpaired) electrons. The van der Waals surface area contributed by atoms with E-state index in [0.29, 0.717) is 42.0 Å². The van der Waals surface area contributed by atoms with Crippen LogP contribution in [0.4, 0.5) is 5.69 Å². The van der Waals surface area contributed by atoms with Crippen LogP contribution >= 0.6 is 22.9 Å². The van der Waals surface area contributed by atoms with Gasteiger partial charge in [-0.25, -0.2) is 0 Å². The van der Waals surface area contributed by atoms with Crippen LogP contribution in [0.15, 0.2) is 29.6 Å². The molecule has 1 aliphatic heterocycles. The van der Waals surface area contributed by atoms with Gasteiger partial charge in [0.25, 0.3) is 0 Å². The number of thiophene rings is 1. The third-order valence-corrected chi connectivity index (χ3v) is 5.06. The van der Waals surface area contributed by atoms with Gasteiger partial charge in [0, 0.05) is 30.0 Å². The highest BCUT2D eigenvalue weighted by Crippen LogP contribution is 2.37.